The second-order valence-corrected chi connectivity index (χ2v) is 7.21. The maximum Gasteiger partial charge on any atom is 0.0634 e. The fourth-order valence-corrected chi connectivity index (χ4v) is 3.67. The van der Waals surface area contributed by atoms with Gasteiger partial charge in [-0.05, 0) is 48.7 Å². The maximum absolute atomic E-state index is 7.78. The van der Waals surface area contributed by atoms with Gasteiger partial charge in [0.05, 0.1) is 5.02 Å². The Kier molecular flexibility index (Phi) is 6.42. The van der Waals surface area contributed by atoms with Crippen molar-refractivity contribution in [2.45, 2.75) is 25.8 Å². The molecule has 1 aliphatic heterocycles. The van der Waals surface area contributed by atoms with Crippen molar-refractivity contribution in [3.63, 3.8) is 0 Å². The van der Waals surface area contributed by atoms with E-state index in [1.807, 2.05) is 24.3 Å². The number of halogens is 1. The molecule has 1 aromatic carbocycles. The normalized spacial score (nSPS) is 17.0. The first kappa shape index (κ1) is 18.6. The molecule has 0 radical (unpaired) electrons. The van der Waals surface area contributed by atoms with Crippen molar-refractivity contribution in [3.8, 4) is 0 Å². The highest BCUT2D eigenvalue weighted by Gasteiger charge is 2.23. The molecule has 2 aromatic rings. The van der Waals surface area contributed by atoms with Crippen LogP contribution in [0.1, 0.15) is 24.0 Å². The molecule has 2 heterocycles. The SMILES string of the molecule is N=C/C(Cc1ccccc1)=C(\N)C1CCN(Cc2ccncc2Cl)CC1. The van der Waals surface area contributed by atoms with Crippen LogP contribution in [0.4, 0.5) is 0 Å². The Balaban J connectivity index is 1.61. The van der Waals surface area contributed by atoms with Crippen LogP contribution >= 0.6 is 11.6 Å². The Hall–Kier alpha value is -2.17. The number of pyridine rings is 1. The van der Waals surface area contributed by atoms with E-state index >= 15 is 0 Å². The molecule has 1 aliphatic rings. The molecule has 0 amide bonds. The molecule has 0 bridgehead atoms. The molecule has 3 rings (SSSR count). The predicted octanol–water partition coefficient (Wildman–Crippen LogP) is 4.05. The van der Waals surface area contributed by atoms with Crippen LogP contribution in [0.5, 0.6) is 0 Å². The van der Waals surface area contributed by atoms with Gasteiger partial charge in [0.1, 0.15) is 0 Å². The van der Waals surface area contributed by atoms with Crippen LogP contribution in [0.25, 0.3) is 0 Å². The number of nitrogens with zero attached hydrogens (tertiary/aromatic N) is 2. The third kappa shape index (κ3) is 4.71. The maximum atomic E-state index is 7.78. The smallest absolute Gasteiger partial charge is 0.0634 e. The van der Waals surface area contributed by atoms with Crippen molar-refractivity contribution in [1.82, 2.24) is 9.88 Å². The van der Waals surface area contributed by atoms with E-state index in [9.17, 15) is 0 Å². The second kappa shape index (κ2) is 8.97. The van der Waals surface area contributed by atoms with E-state index in [0.717, 1.165) is 60.8 Å². The van der Waals surface area contributed by atoms with Gasteiger partial charge in [-0.2, -0.15) is 0 Å². The Bertz CT molecular complexity index is 765. The fourth-order valence-electron chi connectivity index (χ4n) is 3.49. The summed E-state index contributed by atoms with van der Waals surface area (Å²) in [5, 5.41) is 8.50. The molecule has 1 saturated heterocycles. The molecular formula is C21H25ClN4. The van der Waals surface area contributed by atoms with E-state index in [4.69, 9.17) is 22.7 Å². The zero-order valence-electron chi connectivity index (χ0n) is 14.9. The molecule has 4 nitrogen and oxygen atoms in total. The van der Waals surface area contributed by atoms with Crippen LogP contribution in [0.2, 0.25) is 5.02 Å². The summed E-state index contributed by atoms with van der Waals surface area (Å²) in [5.74, 6) is 0.347. The van der Waals surface area contributed by atoms with Crippen molar-refractivity contribution in [2.24, 2.45) is 11.7 Å². The number of hydrogen-bond acceptors (Lipinski definition) is 4. The van der Waals surface area contributed by atoms with Gasteiger partial charge in [-0.1, -0.05) is 41.9 Å². The standard InChI is InChI=1S/C21H25ClN4/c22-20-14-25-9-6-18(20)15-26-10-7-17(8-11-26)21(24)19(13-23)12-16-4-2-1-3-5-16/h1-6,9,13-14,17,23H,7-8,10-12,15,24H2/b21-19-,23-13?. The summed E-state index contributed by atoms with van der Waals surface area (Å²) in [7, 11) is 0. The fraction of sp³-hybridized carbons (Fsp3) is 0.333. The van der Waals surface area contributed by atoms with Gasteiger partial charge in [0.15, 0.2) is 0 Å². The molecule has 26 heavy (non-hydrogen) atoms. The van der Waals surface area contributed by atoms with Gasteiger partial charge in [0, 0.05) is 43.2 Å². The van der Waals surface area contributed by atoms with E-state index < -0.39 is 0 Å². The zero-order valence-corrected chi connectivity index (χ0v) is 15.6. The van der Waals surface area contributed by atoms with Gasteiger partial charge in [-0.15, -0.1) is 0 Å². The summed E-state index contributed by atoms with van der Waals surface area (Å²) in [6.45, 7) is 2.82. The number of nitrogens with one attached hydrogen (secondary N) is 1. The number of benzene rings is 1. The van der Waals surface area contributed by atoms with E-state index in [-0.39, 0.29) is 0 Å². The van der Waals surface area contributed by atoms with Gasteiger partial charge >= 0.3 is 0 Å². The lowest BCUT2D eigenvalue weighted by atomic mass is 9.89. The highest BCUT2D eigenvalue weighted by molar-refractivity contribution is 6.31. The summed E-state index contributed by atoms with van der Waals surface area (Å²) in [5.41, 5.74) is 10.6. The number of hydrogen-bond donors (Lipinski definition) is 2. The number of allylic oxidation sites excluding steroid dienone is 2. The molecule has 0 saturated carbocycles. The summed E-state index contributed by atoms with van der Waals surface area (Å²) in [4.78, 5) is 6.45. The van der Waals surface area contributed by atoms with Crippen LogP contribution in [-0.2, 0) is 13.0 Å². The lowest BCUT2D eigenvalue weighted by Crippen LogP contribution is -2.35. The lowest BCUT2D eigenvalue weighted by Gasteiger charge is -2.33. The molecule has 0 spiro atoms. The van der Waals surface area contributed by atoms with E-state index in [2.05, 4.69) is 22.0 Å². The highest BCUT2D eigenvalue weighted by Crippen LogP contribution is 2.26. The molecular weight excluding hydrogens is 344 g/mol. The Morgan fingerprint density at radius 1 is 1.23 bits per heavy atom. The number of aromatic nitrogens is 1. The Morgan fingerprint density at radius 2 is 1.96 bits per heavy atom. The Morgan fingerprint density at radius 3 is 2.62 bits per heavy atom. The van der Waals surface area contributed by atoms with E-state index in [0.29, 0.717) is 5.92 Å². The Labute approximate surface area is 160 Å². The minimum absolute atomic E-state index is 0.347. The topological polar surface area (TPSA) is 66.0 Å². The molecule has 1 aromatic heterocycles. The molecule has 1 fully saturated rings. The first-order valence-corrected chi connectivity index (χ1v) is 9.39. The number of likely N-dealkylation sites (tertiary alicyclic amines) is 1. The minimum atomic E-state index is 0.347. The summed E-state index contributed by atoms with van der Waals surface area (Å²) in [6, 6.07) is 12.2. The lowest BCUT2D eigenvalue weighted by molar-refractivity contribution is 0.190. The third-order valence-electron chi connectivity index (χ3n) is 5.06. The molecule has 0 unspecified atom stereocenters. The molecule has 3 N–H and O–H groups in total. The number of rotatable bonds is 6. The van der Waals surface area contributed by atoms with Crippen molar-refractivity contribution < 1.29 is 0 Å². The quantitative estimate of drug-likeness (QED) is 0.756. The van der Waals surface area contributed by atoms with Crippen molar-refractivity contribution in [2.75, 3.05) is 13.1 Å². The minimum Gasteiger partial charge on any atom is -0.402 e. The first-order chi connectivity index (χ1) is 12.7. The van der Waals surface area contributed by atoms with Gasteiger partial charge in [0.25, 0.3) is 0 Å². The summed E-state index contributed by atoms with van der Waals surface area (Å²) < 4.78 is 0. The summed E-state index contributed by atoms with van der Waals surface area (Å²) >= 11 is 6.22. The van der Waals surface area contributed by atoms with Crippen LogP contribution < -0.4 is 5.73 Å². The zero-order chi connectivity index (χ0) is 18.4. The molecule has 136 valence electrons. The van der Waals surface area contributed by atoms with Gasteiger partial charge < -0.3 is 11.1 Å². The first-order valence-electron chi connectivity index (χ1n) is 9.01. The molecule has 0 atom stereocenters. The van der Waals surface area contributed by atoms with Crippen LogP contribution in [-0.4, -0.2) is 29.2 Å². The van der Waals surface area contributed by atoms with E-state index in [1.165, 1.54) is 11.8 Å². The monoisotopic (exact) mass is 368 g/mol. The molecule has 0 aliphatic carbocycles. The van der Waals surface area contributed by atoms with E-state index in [1.54, 1.807) is 12.4 Å². The van der Waals surface area contributed by atoms with Gasteiger partial charge in [0.2, 0.25) is 0 Å². The second-order valence-electron chi connectivity index (χ2n) is 6.80. The largest absolute Gasteiger partial charge is 0.402 e. The number of nitrogens with two attached hydrogens (primary N) is 1. The van der Waals surface area contributed by atoms with Crippen molar-refractivity contribution >= 4 is 17.8 Å². The third-order valence-corrected chi connectivity index (χ3v) is 5.40. The van der Waals surface area contributed by atoms with Gasteiger partial charge in [-0.25, -0.2) is 0 Å². The average molecular weight is 369 g/mol. The molecule has 5 heteroatoms. The summed E-state index contributed by atoms with van der Waals surface area (Å²) in [6.07, 6.45) is 7.66. The van der Waals surface area contributed by atoms with Crippen LogP contribution in [0.15, 0.2) is 60.1 Å². The van der Waals surface area contributed by atoms with Crippen LogP contribution in [0.3, 0.4) is 0 Å². The highest BCUT2D eigenvalue weighted by atomic mass is 35.5. The average Bonchev–Trinajstić information content (AvgIpc) is 2.69. The van der Waals surface area contributed by atoms with Crippen molar-refractivity contribution in [3.05, 3.63) is 76.2 Å². The van der Waals surface area contributed by atoms with Crippen LogP contribution in [0, 0.1) is 11.3 Å². The van der Waals surface area contributed by atoms with Gasteiger partial charge in [-0.3, -0.25) is 9.88 Å². The number of piperidine rings is 1. The van der Waals surface area contributed by atoms with Crippen molar-refractivity contribution in [1.29, 1.82) is 5.41 Å². The predicted molar refractivity (Wildman–Crippen MR) is 107 cm³/mol.